The molecule has 1 atom stereocenters. The molecule has 0 aromatic heterocycles. The fourth-order valence-electron chi connectivity index (χ4n) is 3.15. The Morgan fingerprint density at radius 3 is 2.64 bits per heavy atom. The van der Waals surface area contributed by atoms with Crippen LogP contribution in [-0.4, -0.2) is 16.8 Å². The molecule has 4 nitrogen and oxygen atoms in total. The highest BCUT2D eigenvalue weighted by atomic mass is 35.5. The van der Waals surface area contributed by atoms with Crippen molar-refractivity contribution in [2.24, 2.45) is 5.92 Å². The second-order valence-corrected chi connectivity index (χ2v) is 7.15. The van der Waals surface area contributed by atoms with E-state index in [-0.39, 0.29) is 27.9 Å². The average molecular weight is 400 g/mol. The number of fused-ring (bicyclic) bond motifs is 1. The summed E-state index contributed by atoms with van der Waals surface area (Å²) >= 11 is 6.11. The van der Waals surface area contributed by atoms with Crippen LogP contribution >= 0.6 is 11.6 Å². The van der Waals surface area contributed by atoms with Crippen molar-refractivity contribution in [3.8, 4) is 5.75 Å². The van der Waals surface area contributed by atoms with Crippen molar-refractivity contribution < 1.29 is 19.1 Å². The number of Topliss-reactive ketones (excluding diaryl/α,β-unsaturated/α-hetero) is 1. The molecule has 0 heterocycles. The van der Waals surface area contributed by atoms with E-state index in [1.165, 1.54) is 31.2 Å². The van der Waals surface area contributed by atoms with Gasteiger partial charge < -0.3 is 10.4 Å². The molecule has 0 spiro atoms. The van der Waals surface area contributed by atoms with Crippen molar-refractivity contribution in [2.45, 2.75) is 20.3 Å². The normalized spacial score (nSPS) is 12.0. The van der Waals surface area contributed by atoms with E-state index in [1.807, 2.05) is 12.1 Å². The van der Waals surface area contributed by atoms with Gasteiger partial charge in [-0.25, -0.2) is 4.39 Å². The van der Waals surface area contributed by atoms with E-state index in [9.17, 15) is 19.1 Å². The number of benzene rings is 3. The summed E-state index contributed by atoms with van der Waals surface area (Å²) in [6, 6.07) is 13.0. The summed E-state index contributed by atoms with van der Waals surface area (Å²) in [7, 11) is 0. The number of aromatic hydroxyl groups is 1. The van der Waals surface area contributed by atoms with Crippen LogP contribution in [0.4, 0.5) is 10.1 Å². The highest BCUT2D eigenvalue weighted by Gasteiger charge is 2.19. The summed E-state index contributed by atoms with van der Waals surface area (Å²) in [5.74, 6) is -1.81. The number of phenolic OH excluding ortho intramolecular Hbond substituents is 1. The van der Waals surface area contributed by atoms with Crippen molar-refractivity contribution in [1.82, 2.24) is 0 Å². The first-order valence-electron chi connectivity index (χ1n) is 8.78. The van der Waals surface area contributed by atoms with Crippen LogP contribution in [0, 0.1) is 11.7 Å². The van der Waals surface area contributed by atoms with Gasteiger partial charge in [0, 0.05) is 11.3 Å². The first kappa shape index (κ1) is 19.8. The SMILES string of the molecule is CC(=O)c1c(F)cccc1NC(=O)C(C)Cc1ccc2c(Cl)c(O)ccc2c1. The number of ketones is 1. The van der Waals surface area contributed by atoms with E-state index in [0.29, 0.717) is 6.42 Å². The van der Waals surface area contributed by atoms with Crippen LogP contribution in [0.2, 0.25) is 5.02 Å². The maximum atomic E-state index is 13.9. The number of hydrogen-bond acceptors (Lipinski definition) is 3. The largest absolute Gasteiger partial charge is 0.506 e. The van der Waals surface area contributed by atoms with Gasteiger partial charge in [0.2, 0.25) is 5.91 Å². The predicted octanol–water partition coefficient (Wildman–Crippen LogP) is 5.36. The third-order valence-electron chi connectivity index (χ3n) is 4.61. The molecule has 144 valence electrons. The van der Waals surface area contributed by atoms with Crippen LogP contribution in [-0.2, 0) is 11.2 Å². The van der Waals surface area contributed by atoms with Crippen molar-refractivity contribution in [3.63, 3.8) is 0 Å². The Hall–Kier alpha value is -2.92. The number of rotatable bonds is 5. The van der Waals surface area contributed by atoms with E-state index in [2.05, 4.69) is 5.32 Å². The molecule has 28 heavy (non-hydrogen) atoms. The van der Waals surface area contributed by atoms with Gasteiger partial charge in [0.15, 0.2) is 5.78 Å². The number of anilines is 1. The van der Waals surface area contributed by atoms with Gasteiger partial charge in [-0.15, -0.1) is 0 Å². The lowest BCUT2D eigenvalue weighted by atomic mass is 9.97. The van der Waals surface area contributed by atoms with Gasteiger partial charge in [-0.3, -0.25) is 9.59 Å². The zero-order valence-corrected chi connectivity index (χ0v) is 16.2. The van der Waals surface area contributed by atoms with Crippen LogP contribution in [0.15, 0.2) is 48.5 Å². The molecule has 0 radical (unpaired) electrons. The molecular formula is C22H19ClFNO3. The van der Waals surface area contributed by atoms with E-state index >= 15 is 0 Å². The van der Waals surface area contributed by atoms with Crippen LogP contribution < -0.4 is 5.32 Å². The summed E-state index contributed by atoms with van der Waals surface area (Å²) in [5.41, 5.74) is 0.969. The Bertz CT molecular complexity index is 1080. The molecule has 2 N–H and O–H groups in total. The lowest BCUT2D eigenvalue weighted by Crippen LogP contribution is -2.23. The maximum Gasteiger partial charge on any atom is 0.227 e. The number of halogens is 2. The summed E-state index contributed by atoms with van der Waals surface area (Å²) in [5, 5.41) is 14.2. The van der Waals surface area contributed by atoms with Crippen LogP contribution in [0.25, 0.3) is 10.8 Å². The Kier molecular flexibility index (Phi) is 5.66. The van der Waals surface area contributed by atoms with Gasteiger partial charge in [-0.1, -0.05) is 48.9 Å². The number of phenols is 1. The van der Waals surface area contributed by atoms with Crippen molar-refractivity contribution >= 4 is 39.8 Å². The highest BCUT2D eigenvalue weighted by Crippen LogP contribution is 2.32. The molecule has 3 aromatic rings. The van der Waals surface area contributed by atoms with Crippen LogP contribution in [0.5, 0.6) is 5.75 Å². The van der Waals surface area contributed by atoms with Crippen LogP contribution in [0.1, 0.15) is 29.8 Å². The lowest BCUT2D eigenvalue weighted by Gasteiger charge is -2.15. The molecule has 6 heteroatoms. The average Bonchev–Trinajstić information content (AvgIpc) is 2.64. The topological polar surface area (TPSA) is 66.4 Å². The van der Waals surface area contributed by atoms with Gasteiger partial charge >= 0.3 is 0 Å². The number of carbonyl (C=O) groups excluding carboxylic acids is 2. The summed E-state index contributed by atoms with van der Waals surface area (Å²) < 4.78 is 13.9. The van der Waals surface area contributed by atoms with Crippen molar-refractivity contribution in [3.05, 3.63) is 70.5 Å². The Morgan fingerprint density at radius 1 is 1.18 bits per heavy atom. The van der Waals surface area contributed by atoms with Gasteiger partial charge in [0.25, 0.3) is 0 Å². The van der Waals surface area contributed by atoms with Gasteiger partial charge in [0.05, 0.1) is 16.3 Å². The molecule has 0 fully saturated rings. The van der Waals surface area contributed by atoms with Gasteiger partial charge in [-0.2, -0.15) is 0 Å². The Balaban J connectivity index is 1.78. The quantitative estimate of drug-likeness (QED) is 0.568. The monoisotopic (exact) mass is 399 g/mol. The third kappa shape index (κ3) is 3.99. The molecule has 0 saturated heterocycles. The zero-order chi connectivity index (χ0) is 20.4. The number of carbonyl (C=O) groups is 2. The zero-order valence-electron chi connectivity index (χ0n) is 15.4. The number of nitrogens with one attached hydrogen (secondary N) is 1. The summed E-state index contributed by atoms with van der Waals surface area (Å²) in [6.45, 7) is 3.02. The molecular weight excluding hydrogens is 381 g/mol. The lowest BCUT2D eigenvalue weighted by molar-refractivity contribution is -0.119. The third-order valence-corrected chi connectivity index (χ3v) is 5.01. The molecule has 0 aliphatic heterocycles. The molecule has 1 amide bonds. The van der Waals surface area contributed by atoms with Gasteiger partial charge in [0.1, 0.15) is 11.6 Å². The Morgan fingerprint density at radius 2 is 1.93 bits per heavy atom. The fraction of sp³-hybridized carbons (Fsp3) is 0.182. The summed E-state index contributed by atoms with van der Waals surface area (Å²) in [6.07, 6.45) is 0.449. The minimum absolute atomic E-state index is 0.0195. The first-order chi connectivity index (χ1) is 13.3. The second kappa shape index (κ2) is 7.98. The summed E-state index contributed by atoms with van der Waals surface area (Å²) in [4.78, 5) is 24.3. The standard InChI is InChI=1S/C22H19ClFNO3/c1-12(22(28)25-18-5-3-4-17(24)20(18)13(2)26)10-14-6-8-16-15(11-14)7-9-19(27)21(16)23/h3-9,11-12,27H,10H2,1-2H3,(H,25,28). The smallest absolute Gasteiger partial charge is 0.227 e. The molecule has 1 unspecified atom stereocenters. The minimum Gasteiger partial charge on any atom is -0.506 e. The molecule has 0 aliphatic carbocycles. The minimum atomic E-state index is -0.660. The first-order valence-corrected chi connectivity index (χ1v) is 9.16. The van der Waals surface area contributed by atoms with Crippen molar-refractivity contribution in [1.29, 1.82) is 0 Å². The van der Waals surface area contributed by atoms with E-state index in [4.69, 9.17) is 11.6 Å². The van der Waals surface area contributed by atoms with Crippen LogP contribution in [0.3, 0.4) is 0 Å². The van der Waals surface area contributed by atoms with E-state index in [0.717, 1.165) is 16.3 Å². The van der Waals surface area contributed by atoms with E-state index in [1.54, 1.807) is 19.1 Å². The highest BCUT2D eigenvalue weighted by molar-refractivity contribution is 6.37. The Labute approximate surface area is 166 Å². The molecule has 0 aliphatic rings. The molecule has 3 rings (SSSR count). The number of hydrogen-bond donors (Lipinski definition) is 2. The maximum absolute atomic E-state index is 13.9. The predicted molar refractivity (Wildman–Crippen MR) is 109 cm³/mol. The van der Waals surface area contributed by atoms with Crippen molar-refractivity contribution in [2.75, 3.05) is 5.32 Å². The van der Waals surface area contributed by atoms with Gasteiger partial charge in [-0.05, 0) is 42.5 Å². The fourth-order valence-corrected chi connectivity index (χ4v) is 3.38. The molecule has 0 bridgehead atoms. The second-order valence-electron chi connectivity index (χ2n) is 6.77. The van der Waals surface area contributed by atoms with E-state index < -0.39 is 17.5 Å². The molecule has 3 aromatic carbocycles. The number of amides is 1. The molecule has 0 saturated carbocycles.